The van der Waals surface area contributed by atoms with E-state index in [-0.39, 0.29) is 5.54 Å². The Kier molecular flexibility index (Phi) is 3.74. The minimum atomic E-state index is -3.06. The molecule has 0 spiro atoms. The average molecular weight is 263 g/mol. The fraction of sp³-hybridized carbons (Fsp3) is 1.00. The van der Waals surface area contributed by atoms with Gasteiger partial charge in [0.2, 0.25) is 10.0 Å². The number of piperazine rings is 1. The molecule has 0 aliphatic carbocycles. The quantitative estimate of drug-likeness (QED) is 0.683. The summed E-state index contributed by atoms with van der Waals surface area (Å²) < 4.78 is 29.8. The number of nitrogens with two attached hydrogens (primary N) is 1. The van der Waals surface area contributed by atoms with Gasteiger partial charge < -0.3 is 10.5 Å². The molecule has 2 rings (SSSR count). The van der Waals surface area contributed by atoms with Crippen LogP contribution in [0.3, 0.4) is 0 Å². The number of ether oxygens (including phenoxy) is 1. The van der Waals surface area contributed by atoms with E-state index in [0.29, 0.717) is 26.2 Å². The molecule has 6 nitrogen and oxygen atoms in total. The molecule has 0 saturated carbocycles. The van der Waals surface area contributed by atoms with E-state index in [4.69, 9.17) is 10.5 Å². The van der Waals surface area contributed by atoms with Gasteiger partial charge in [0.1, 0.15) is 0 Å². The molecule has 2 N–H and O–H groups in total. The summed E-state index contributed by atoms with van der Waals surface area (Å²) in [6, 6.07) is 0. The second-order valence-corrected chi connectivity index (χ2v) is 6.86. The van der Waals surface area contributed by atoms with Gasteiger partial charge in [-0.15, -0.1) is 0 Å². The van der Waals surface area contributed by atoms with E-state index in [1.165, 1.54) is 10.6 Å². The van der Waals surface area contributed by atoms with Crippen LogP contribution in [0.25, 0.3) is 0 Å². The highest BCUT2D eigenvalue weighted by Crippen LogP contribution is 2.26. The van der Waals surface area contributed by atoms with Gasteiger partial charge in [0.15, 0.2) is 0 Å². The van der Waals surface area contributed by atoms with E-state index < -0.39 is 10.0 Å². The second-order valence-electron chi connectivity index (χ2n) is 4.88. The van der Waals surface area contributed by atoms with Crippen LogP contribution in [0.2, 0.25) is 0 Å². The van der Waals surface area contributed by atoms with Crippen LogP contribution in [0.1, 0.15) is 6.42 Å². The van der Waals surface area contributed by atoms with E-state index in [0.717, 1.165) is 26.1 Å². The van der Waals surface area contributed by atoms with Crippen molar-refractivity contribution >= 4 is 10.0 Å². The molecule has 0 aromatic heterocycles. The van der Waals surface area contributed by atoms with Crippen molar-refractivity contribution in [3.63, 3.8) is 0 Å². The van der Waals surface area contributed by atoms with Crippen molar-refractivity contribution in [2.45, 2.75) is 12.0 Å². The zero-order chi connectivity index (χ0) is 12.5. The highest BCUT2D eigenvalue weighted by molar-refractivity contribution is 7.88. The first-order valence-electron chi connectivity index (χ1n) is 5.96. The predicted octanol–water partition coefficient (Wildman–Crippen LogP) is -1.32. The smallest absolute Gasteiger partial charge is 0.211 e. The summed E-state index contributed by atoms with van der Waals surface area (Å²) in [5, 5.41) is 0. The lowest BCUT2D eigenvalue weighted by Crippen LogP contribution is -2.61. The molecule has 2 fully saturated rings. The number of nitrogens with zero attached hydrogens (tertiary/aromatic N) is 2. The highest BCUT2D eigenvalue weighted by Gasteiger charge is 2.41. The maximum Gasteiger partial charge on any atom is 0.211 e. The fourth-order valence-corrected chi connectivity index (χ4v) is 3.46. The molecular weight excluding hydrogens is 242 g/mol. The van der Waals surface area contributed by atoms with Gasteiger partial charge in [-0.3, -0.25) is 4.90 Å². The van der Waals surface area contributed by atoms with Crippen molar-refractivity contribution in [3.05, 3.63) is 0 Å². The lowest BCUT2D eigenvalue weighted by molar-refractivity contribution is 0.0461. The SMILES string of the molecule is CS(=O)(=O)N1CCN(C2(CN)CCOC2)CC1. The zero-order valence-electron chi connectivity index (χ0n) is 10.3. The van der Waals surface area contributed by atoms with Crippen LogP contribution in [0.5, 0.6) is 0 Å². The summed E-state index contributed by atoms with van der Waals surface area (Å²) in [5.41, 5.74) is 5.80. The van der Waals surface area contributed by atoms with E-state index in [1.54, 1.807) is 0 Å². The van der Waals surface area contributed by atoms with Crippen molar-refractivity contribution in [1.29, 1.82) is 0 Å². The van der Waals surface area contributed by atoms with Crippen LogP contribution >= 0.6 is 0 Å². The molecular formula is C10H21N3O3S. The molecule has 0 aromatic carbocycles. The third-order valence-corrected chi connectivity index (χ3v) is 5.14. The highest BCUT2D eigenvalue weighted by atomic mass is 32.2. The van der Waals surface area contributed by atoms with Crippen molar-refractivity contribution < 1.29 is 13.2 Å². The van der Waals surface area contributed by atoms with Crippen LogP contribution in [-0.4, -0.2) is 75.4 Å². The Morgan fingerprint density at radius 1 is 1.29 bits per heavy atom. The molecule has 0 bridgehead atoms. The van der Waals surface area contributed by atoms with E-state index in [9.17, 15) is 8.42 Å². The first-order valence-corrected chi connectivity index (χ1v) is 7.81. The number of hydrogen-bond acceptors (Lipinski definition) is 5. The lowest BCUT2D eigenvalue weighted by Gasteiger charge is -2.43. The number of rotatable bonds is 3. The molecule has 2 aliphatic rings. The summed E-state index contributed by atoms with van der Waals surface area (Å²) in [7, 11) is -3.06. The van der Waals surface area contributed by atoms with Crippen molar-refractivity contribution in [3.8, 4) is 0 Å². The summed E-state index contributed by atoms with van der Waals surface area (Å²) in [5.74, 6) is 0. The Morgan fingerprint density at radius 3 is 2.35 bits per heavy atom. The molecule has 17 heavy (non-hydrogen) atoms. The first-order chi connectivity index (χ1) is 7.98. The summed E-state index contributed by atoms with van der Waals surface area (Å²) in [4.78, 5) is 2.29. The van der Waals surface area contributed by atoms with Gasteiger partial charge in [-0.2, -0.15) is 4.31 Å². The van der Waals surface area contributed by atoms with Crippen LogP contribution in [0.4, 0.5) is 0 Å². The molecule has 1 unspecified atom stereocenters. The molecule has 0 amide bonds. The normalized spacial score (nSPS) is 33.1. The van der Waals surface area contributed by atoms with Gasteiger partial charge in [0, 0.05) is 39.3 Å². The summed E-state index contributed by atoms with van der Waals surface area (Å²) in [6.07, 6.45) is 2.21. The third kappa shape index (κ3) is 2.63. The fourth-order valence-electron chi connectivity index (χ4n) is 2.63. The van der Waals surface area contributed by atoms with Crippen LogP contribution in [0.15, 0.2) is 0 Å². The predicted molar refractivity (Wildman–Crippen MR) is 65.2 cm³/mol. The number of sulfonamides is 1. The van der Waals surface area contributed by atoms with Crippen molar-refractivity contribution in [1.82, 2.24) is 9.21 Å². The second kappa shape index (κ2) is 4.81. The minimum absolute atomic E-state index is 0.0659. The minimum Gasteiger partial charge on any atom is -0.379 e. The Bertz CT molecular complexity index is 357. The Hall–Kier alpha value is -0.210. The third-order valence-electron chi connectivity index (χ3n) is 3.84. The van der Waals surface area contributed by atoms with Gasteiger partial charge in [0.05, 0.1) is 18.4 Å². The monoisotopic (exact) mass is 263 g/mol. The maximum absolute atomic E-state index is 11.4. The number of hydrogen-bond donors (Lipinski definition) is 1. The lowest BCUT2D eigenvalue weighted by atomic mass is 9.95. The topological polar surface area (TPSA) is 75.9 Å². The molecule has 1 atom stereocenters. The van der Waals surface area contributed by atoms with E-state index in [1.807, 2.05) is 0 Å². The molecule has 7 heteroatoms. The molecule has 100 valence electrons. The molecule has 0 radical (unpaired) electrons. The van der Waals surface area contributed by atoms with Gasteiger partial charge >= 0.3 is 0 Å². The van der Waals surface area contributed by atoms with Crippen LogP contribution in [0, 0.1) is 0 Å². The van der Waals surface area contributed by atoms with E-state index >= 15 is 0 Å². The average Bonchev–Trinajstić information content (AvgIpc) is 2.78. The van der Waals surface area contributed by atoms with Crippen molar-refractivity contribution in [2.75, 3.05) is 52.2 Å². The van der Waals surface area contributed by atoms with Gasteiger partial charge in [0.25, 0.3) is 0 Å². The van der Waals surface area contributed by atoms with E-state index in [2.05, 4.69) is 4.90 Å². The maximum atomic E-state index is 11.4. The Labute approximate surface area is 103 Å². The molecule has 2 aliphatic heterocycles. The first kappa shape index (κ1) is 13.2. The van der Waals surface area contributed by atoms with Gasteiger partial charge in [-0.05, 0) is 6.42 Å². The van der Waals surface area contributed by atoms with Crippen LogP contribution in [-0.2, 0) is 14.8 Å². The Morgan fingerprint density at radius 2 is 1.94 bits per heavy atom. The van der Waals surface area contributed by atoms with Crippen molar-refractivity contribution in [2.24, 2.45) is 5.73 Å². The molecule has 2 saturated heterocycles. The largest absolute Gasteiger partial charge is 0.379 e. The van der Waals surface area contributed by atoms with Crippen LogP contribution < -0.4 is 5.73 Å². The standard InChI is InChI=1S/C10H21N3O3S/c1-17(14,15)13-5-3-12(4-6-13)10(8-11)2-7-16-9-10/h2-9,11H2,1H3. The van der Waals surface area contributed by atoms with Gasteiger partial charge in [-0.25, -0.2) is 8.42 Å². The van der Waals surface area contributed by atoms with Gasteiger partial charge in [-0.1, -0.05) is 0 Å². The summed E-state index contributed by atoms with van der Waals surface area (Å²) >= 11 is 0. The molecule has 0 aromatic rings. The Balaban J connectivity index is 1.99. The summed E-state index contributed by atoms with van der Waals surface area (Å²) in [6.45, 7) is 4.60. The molecule has 2 heterocycles. The zero-order valence-corrected chi connectivity index (χ0v) is 11.1.